The molecule has 0 spiro atoms. The number of pyridine rings is 1. The van der Waals surface area contributed by atoms with Gasteiger partial charge in [0.25, 0.3) is 5.91 Å². The standard InChI is InChI=1S/C17H12ClN5O/c18-16-14(5-3-8-20-16)17(24)22-21-10-12-11-23(9-7-19)15-6-2-1-4-13(12)15/h1-6,8,10-11H,9H2,(H,22,24). The highest BCUT2D eigenvalue weighted by Gasteiger charge is 2.10. The Morgan fingerprint density at radius 1 is 1.38 bits per heavy atom. The van der Waals surface area contributed by atoms with Crippen molar-refractivity contribution < 1.29 is 4.79 Å². The van der Waals surface area contributed by atoms with Gasteiger partial charge >= 0.3 is 0 Å². The molecular weight excluding hydrogens is 326 g/mol. The first-order valence-electron chi connectivity index (χ1n) is 7.09. The number of carbonyl (C=O) groups is 1. The van der Waals surface area contributed by atoms with E-state index in [4.69, 9.17) is 16.9 Å². The Hall–Kier alpha value is -3.17. The van der Waals surface area contributed by atoms with Gasteiger partial charge in [0.05, 0.1) is 17.8 Å². The quantitative estimate of drug-likeness (QED) is 0.451. The summed E-state index contributed by atoms with van der Waals surface area (Å²) in [7, 11) is 0. The van der Waals surface area contributed by atoms with Gasteiger partial charge in [0.15, 0.2) is 0 Å². The summed E-state index contributed by atoms with van der Waals surface area (Å²) in [6.07, 6.45) is 4.87. The lowest BCUT2D eigenvalue weighted by molar-refractivity contribution is 0.0955. The van der Waals surface area contributed by atoms with E-state index in [1.54, 1.807) is 18.3 Å². The molecule has 1 amide bonds. The minimum Gasteiger partial charge on any atom is -0.333 e. The fourth-order valence-corrected chi connectivity index (χ4v) is 2.57. The minimum atomic E-state index is -0.440. The van der Waals surface area contributed by atoms with Crippen molar-refractivity contribution in [2.24, 2.45) is 5.10 Å². The van der Waals surface area contributed by atoms with Crippen LogP contribution in [0.5, 0.6) is 0 Å². The molecule has 0 atom stereocenters. The molecule has 0 aliphatic rings. The summed E-state index contributed by atoms with van der Waals surface area (Å²) in [5.74, 6) is -0.440. The maximum Gasteiger partial charge on any atom is 0.274 e. The summed E-state index contributed by atoms with van der Waals surface area (Å²) in [6.45, 7) is 0.242. The van der Waals surface area contributed by atoms with Crippen molar-refractivity contribution in [3.8, 4) is 6.07 Å². The molecule has 118 valence electrons. The molecule has 1 aromatic carbocycles. The van der Waals surface area contributed by atoms with Crippen molar-refractivity contribution in [3.05, 3.63) is 65.1 Å². The van der Waals surface area contributed by atoms with Crippen molar-refractivity contribution in [2.45, 2.75) is 6.54 Å². The second-order valence-electron chi connectivity index (χ2n) is 4.93. The summed E-state index contributed by atoms with van der Waals surface area (Å²) in [6, 6.07) is 13.0. The number of benzene rings is 1. The molecule has 1 N–H and O–H groups in total. The maximum atomic E-state index is 12.0. The van der Waals surface area contributed by atoms with Crippen LogP contribution in [0.4, 0.5) is 0 Å². The number of fused-ring (bicyclic) bond motifs is 1. The number of hydrazone groups is 1. The molecule has 0 radical (unpaired) electrons. The van der Waals surface area contributed by atoms with Crippen molar-refractivity contribution in [1.29, 1.82) is 5.26 Å². The number of nitriles is 1. The number of para-hydroxylation sites is 1. The van der Waals surface area contributed by atoms with E-state index < -0.39 is 5.91 Å². The Kier molecular flexibility index (Phi) is 4.54. The average molecular weight is 338 g/mol. The maximum absolute atomic E-state index is 12.0. The van der Waals surface area contributed by atoms with Gasteiger partial charge in [-0.15, -0.1) is 0 Å². The summed E-state index contributed by atoms with van der Waals surface area (Å²) in [5, 5.41) is 14.0. The Labute approximate surface area is 143 Å². The molecule has 6 nitrogen and oxygen atoms in total. The van der Waals surface area contributed by atoms with Gasteiger partial charge in [-0.05, 0) is 18.2 Å². The number of hydrogen-bond donors (Lipinski definition) is 1. The molecule has 3 rings (SSSR count). The number of hydrogen-bond acceptors (Lipinski definition) is 4. The van der Waals surface area contributed by atoms with Gasteiger partial charge in [-0.3, -0.25) is 4.79 Å². The van der Waals surface area contributed by atoms with Gasteiger partial charge in [0.2, 0.25) is 0 Å². The number of nitrogens with one attached hydrogen (secondary N) is 1. The van der Waals surface area contributed by atoms with Gasteiger partial charge in [-0.1, -0.05) is 29.8 Å². The first kappa shape index (κ1) is 15.7. The monoisotopic (exact) mass is 337 g/mol. The topological polar surface area (TPSA) is 83.1 Å². The fourth-order valence-electron chi connectivity index (χ4n) is 2.36. The highest BCUT2D eigenvalue weighted by atomic mass is 35.5. The third kappa shape index (κ3) is 3.12. The van der Waals surface area contributed by atoms with Crippen LogP contribution < -0.4 is 5.43 Å². The summed E-state index contributed by atoms with van der Waals surface area (Å²) in [4.78, 5) is 15.9. The van der Waals surface area contributed by atoms with Crippen molar-refractivity contribution in [3.63, 3.8) is 0 Å². The molecule has 7 heteroatoms. The normalized spacial score (nSPS) is 10.8. The van der Waals surface area contributed by atoms with Crippen LogP contribution in [-0.2, 0) is 6.54 Å². The third-order valence-electron chi connectivity index (χ3n) is 3.43. The van der Waals surface area contributed by atoms with E-state index >= 15 is 0 Å². The second-order valence-corrected chi connectivity index (χ2v) is 5.29. The summed E-state index contributed by atoms with van der Waals surface area (Å²) < 4.78 is 1.83. The zero-order valence-electron chi connectivity index (χ0n) is 12.5. The zero-order chi connectivity index (χ0) is 16.9. The Balaban J connectivity index is 1.83. The van der Waals surface area contributed by atoms with Crippen LogP contribution in [-0.4, -0.2) is 21.7 Å². The van der Waals surface area contributed by atoms with Crippen LogP contribution in [0.2, 0.25) is 5.15 Å². The smallest absolute Gasteiger partial charge is 0.274 e. The Morgan fingerprint density at radius 3 is 3.00 bits per heavy atom. The second kappa shape index (κ2) is 6.94. The van der Waals surface area contributed by atoms with Gasteiger partial charge in [-0.25, -0.2) is 10.4 Å². The van der Waals surface area contributed by atoms with E-state index in [1.807, 2.05) is 35.0 Å². The number of amides is 1. The number of rotatable bonds is 4. The van der Waals surface area contributed by atoms with Gasteiger partial charge in [0.1, 0.15) is 11.7 Å². The number of aromatic nitrogens is 2. The molecule has 0 saturated heterocycles. The van der Waals surface area contributed by atoms with Crippen LogP contribution in [0.1, 0.15) is 15.9 Å². The molecule has 0 bridgehead atoms. The molecule has 3 aromatic rings. The number of halogens is 1. The van der Waals surface area contributed by atoms with Gasteiger partial charge in [0, 0.05) is 28.9 Å². The largest absolute Gasteiger partial charge is 0.333 e. The number of nitrogens with zero attached hydrogens (tertiary/aromatic N) is 4. The number of carbonyl (C=O) groups excluding carboxylic acids is 1. The first-order valence-corrected chi connectivity index (χ1v) is 7.47. The van der Waals surface area contributed by atoms with Crippen LogP contribution >= 0.6 is 11.6 Å². The molecule has 0 saturated carbocycles. The predicted molar refractivity (Wildman–Crippen MR) is 91.9 cm³/mol. The molecule has 0 aliphatic heterocycles. The van der Waals surface area contributed by atoms with Gasteiger partial charge < -0.3 is 4.57 Å². The van der Waals surface area contributed by atoms with E-state index in [2.05, 4.69) is 21.6 Å². The van der Waals surface area contributed by atoms with E-state index in [0.717, 1.165) is 16.5 Å². The highest BCUT2D eigenvalue weighted by molar-refractivity contribution is 6.32. The first-order chi connectivity index (χ1) is 11.7. The van der Waals surface area contributed by atoms with Crippen molar-refractivity contribution >= 4 is 34.6 Å². The molecule has 0 fully saturated rings. The molecule has 2 aromatic heterocycles. The van der Waals surface area contributed by atoms with E-state index in [0.29, 0.717) is 0 Å². The minimum absolute atomic E-state index is 0.121. The van der Waals surface area contributed by atoms with Crippen molar-refractivity contribution in [1.82, 2.24) is 15.0 Å². The average Bonchev–Trinajstić information content (AvgIpc) is 2.94. The lowest BCUT2D eigenvalue weighted by Gasteiger charge is -2.00. The van der Waals surface area contributed by atoms with Crippen LogP contribution in [0.25, 0.3) is 10.9 Å². The summed E-state index contributed by atoms with van der Waals surface area (Å²) >= 11 is 5.87. The van der Waals surface area contributed by atoms with E-state index in [-0.39, 0.29) is 17.3 Å². The van der Waals surface area contributed by atoms with Crippen LogP contribution in [0.3, 0.4) is 0 Å². The lowest BCUT2D eigenvalue weighted by atomic mass is 10.2. The molecular formula is C17H12ClN5O. The molecule has 2 heterocycles. The molecule has 24 heavy (non-hydrogen) atoms. The third-order valence-corrected chi connectivity index (χ3v) is 3.74. The van der Waals surface area contributed by atoms with Crippen LogP contribution in [0.15, 0.2) is 53.9 Å². The van der Waals surface area contributed by atoms with E-state index in [1.165, 1.54) is 6.20 Å². The Bertz CT molecular complexity index is 971. The molecule has 0 aliphatic carbocycles. The SMILES string of the molecule is N#CCn1cc(C=NNC(=O)c2cccnc2Cl)c2ccccc21. The zero-order valence-corrected chi connectivity index (χ0v) is 13.2. The molecule has 0 unspecified atom stereocenters. The summed E-state index contributed by atoms with van der Waals surface area (Å²) in [5.41, 5.74) is 4.42. The van der Waals surface area contributed by atoms with Crippen molar-refractivity contribution in [2.75, 3.05) is 0 Å². The Morgan fingerprint density at radius 2 is 2.21 bits per heavy atom. The van der Waals surface area contributed by atoms with E-state index in [9.17, 15) is 4.79 Å². The highest BCUT2D eigenvalue weighted by Crippen LogP contribution is 2.19. The van der Waals surface area contributed by atoms with Gasteiger partial charge in [-0.2, -0.15) is 10.4 Å². The predicted octanol–water partition coefficient (Wildman–Crippen LogP) is 2.98. The van der Waals surface area contributed by atoms with Crippen LogP contribution in [0, 0.1) is 11.3 Å². The lowest BCUT2D eigenvalue weighted by Crippen LogP contribution is -2.18. The fraction of sp³-hybridized carbons (Fsp3) is 0.0588.